The van der Waals surface area contributed by atoms with Crippen LogP contribution in [0.4, 0.5) is 0 Å². The topological polar surface area (TPSA) is 64.6 Å². The predicted molar refractivity (Wildman–Crippen MR) is 90.0 cm³/mol. The Labute approximate surface area is 145 Å². The molecule has 2 aromatic rings. The van der Waals surface area contributed by atoms with Crippen LogP contribution in [0.1, 0.15) is 5.56 Å². The lowest BCUT2D eigenvalue weighted by Gasteiger charge is -2.12. The summed E-state index contributed by atoms with van der Waals surface area (Å²) in [6.07, 6.45) is 0. The van der Waals surface area contributed by atoms with Crippen LogP contribution in [-0.4, -0.2) is 22.6 Å². The number of nitrogens with one attached hydrogen (secondary N) is 1. The molecule has 0 amide bonds. The molecule has 0 bridgehead atoms. The van der Waals surface area contributed by atoms with Crippen LogP contribution in [-0.2, 0) is 16.6 Å². The van der Waals surface area contributed by atoms with Gasteiger partial charge in [-0.3, -0.25) is 0 Å². The first-order chi connectivity index (χ1) is 10.9. The quantitative estimate of drug-likeness (QED) is 0.838. The number of hydrogen-bond donors (Lipinski definition) is 1. The van der Waals surface area contributed by atoms with Crippen LogP contribution in [0.25, 0.3) is 0 Å². The van der Waals surface area contributed by atoms with E-state index in [0.717, 1.165) is 0 Å². The number of rotatable bonds is 6. The number of methoxy groups -OCH3 is 2. The molecule has 124 valence electrons. The molecule has 0 aliphatic carbocycles. The highest BCUT2D eigenvalue weighted by atomic mass is 35.5. The van der Waals surface area contributed by atoms with Gasteiger partial charge >= 0.3 is 0 Å². The highest BCUT2D eigenvalue weighted by Gasteiger charge is 2.20. The van der Waals surface area contributed by atoms with Gasteiger partial charge in [0.15, 0.2) is 0 Å². The third-order valence-corrected chi connectivity index (χ3v) is 5.29. The molecule has 1 N–H and O–H groups in total. The predicted octanol–water partition coefficient (Wildman–Crippen LogP) is 3.49. The third-order valence-electron chi connectivity index (χ3n) is 3.11. The zero-order valence-corrected chi connectivity index (χ0v) is 14.8. The molecule has 8 heteroatoms. The molecule has 0 saturated heterocycles. The summed E-state index contributed by atoms with van der Waals surface area (Å²) in [7, 11) is -0.869. The minimum atomic E-state index is -3.76. The fourth-order valence-corrected chi connectivity index (χ4v) is 3.39. The second-order valence-corrected chi connectivity index (χ2v) is 7.14. The van der Waals surface area contributed by atoms with E-state index in [1.54, 1.807) is 24.3 Å². The summed E-state index contributed by atoms with van der Waals surface area (Å²) in [5.41, 5.74) is 0.690. The first kappa shape index (κ1) is 17.9. The number of hydrogen-bond acceptors (Lipinski definition) is 4. The summed E-state index contributed by atoms with van der Waals surface area (Å²) in [5, 5.41) is 0.778. The molecule has 0 heterocycles. The Morgan fingerprint density at radius 1 is 1.00 bits per heavy atom. The minimum absolute atomic E-state index is 0.0286. The number of sulfonamides is 1. The highest BCUT2D eigenvalue weighted by molar-refractivity contribution is 7.89. The van der Waals surface area contributed by atoms with Crippen molar-refractivity contribution in [2.45, 2.75) is 11.4 Å². The molecule has 0 aliphatic heterocycles. The maximum absolute atomic E-state index is 12.4. The van der Waals surface area contributed by atoms with Crippen LogP contribution in [0.5, 0.6) is 11.5 Å². The van der Waals surface area contributed by atoms with Crippen LogP contribution >= 0.6 is 23.2 Å². The SMILES string of the molecule is COc1ccc(S(=O)(=O)NCc2ccc(Cl)c(Cl)c2)c(OC)c1. The molecule has 5 nitrogen and oxygen atoms in total. The average Bonchev–Trinajstić information content (AvgIpc) is 2.55. The number of ether oxygens (including phenoxy) is 2. The van der Waals surface area contributed by atoms with Crippen molar-refractivity contribution >= 4 is 33.2 Å². The zero-order chi connectivity index (χ0) is 17.0. The second-order valence-electron chi connectivity index (χ2n) is 4.59. The molecule has 0 fully saturated rings. The second kappa shape index (κ2) is 7.40. The van der Waals surface area contributed by atoms with Gasteiger partial charge in [-0.15, -0.1) is 0 Å². The van der Waals surface area contributed by atoms with Gasteiger partial charge in [-0.05, 0) is 29.8 Å². The van der Waals surface area contributed by atoms with Crippen molar-refractivity contribution in [3.63, 3.8) is 0 Å². The van der Waals surface area contributed by atoms with Crippen LogP contribution < -0.4 is 14.2 Å². The standard InChI is InChI=1S/C15H15Cl2NO4S/c1-21-11-4-6-15(14(8-11)22-2)23(19,20)18-9-10-3-5-12(16)13(17)7-10/h3-8,18H,9H2,1-2H3. The summed E-state index contributed by atoms with van der Waals surface area (Å²) in [5.74, 6) is 0.705. The summed E-state index contributed by atoms with van der Waals surface area (Å²) >= 11 is 11.8. The molecular formula is C15H15Cl2NO4S. The highest BCUT2D eigenvalue weighted by Crippen LogP contribution is 2.28. The maximum atomic E-state index is 12.4. The largest absolute Gasteiger partial charge is 0.497 e. The monoisotopic (exact) mass is 375 g/mol. The van der Waals surface area contributed by atoms with Gasteiger partial charge in [-0.2, -0.15) is 0 Å². The zero-order valence-electron chi connectivity index (χ0n) is 12.5. The summed E-state index contributed by atoms with van der Waals surface area (Å²) in [6.45, 7) is 0.0778. The molecule has 23 heavy (non-hydrogen) atoms. The van der Waals surface area contributed by atoms with Crippen LogP contribution in [0.2, 0.25) is 10.0 Å². The van der Waals surface area contributed by atoms with Crippen LogP contribution in [0.3, 0.4) is 0 Å². The Morgan fingerprint density at radius 3 is 2.35 bits per heavy atom. The van der Waals surface area contributed by atoms with Gasteiger partial charge in [0.1, 0.15) is 16.4 Å². The Morgan fingerprint density at radius 2 is 1.74 bits per heavy atom. The molecule has 2 aromatic carbocycles. The number of halogens is 2. The lowest BCUT2D eigenvalue weighted by atomic mass is 10.2. The molecule has 0 radical (unpaired) electrons. The van der Waals surface area contributed by atoms with E-state index in [9.17, 15) is 8.42 Å². The van der Waals surface area contributed by atoms with Gasteiger partial charge in [0.2, 0.25) is 10.0 Å². The fourth-order valence-electron chi connectivity index (χ4n) is 1.90. The van der Waals surface area contributed by atoms with E-state index in [4.69, 9.17) is 32.7 Å². The van der Waals surface area contributed by atoms with E-state index in [1.807, 2.05) is 0 Å². The van der Waals surface area contributed by atoms with Crippen LogP contribution in [0, 0.1) is 0 Å². The lowest BCUT2D eigenvalue weighted by molar-refractivity contribution is 0.386. The first-order valence-corrected chi connectivity index (χ1v) is 8.77. The van der Waals surface area contributed by atoms with Crippen molar-refractivity contribution in [2.75, 3.05) is 14.2 Å². The van der Waals surface area contributed by atoms with Crippen molar-refractivity contribution in [2.24, 2.45) is 0 Å². The molecule has 2 rings (SSSR count). The van der Waals surface area contributed by atoms with E-state index in [0.29, 0.717) is 21.4 Å². The number of benzene rings is 2. The first-order valence-electron chi connectivity index (χ1n) is 6.53. The van der Waals surface area contributed by atoms with Gasteiger partial charge in [0, 0.05) is 12.6 Å². The molecule has 0 spiro atoms. The van der Waals surface area contributed by atoms with Crippen molar-refractivity contribution in [1.29, 1.82) is 0 Å². The molecular weight excluding hydrogens is 361 g/mol. The van der Waals surface area contributed by atoms with E-state index >= 15 is 0 Å². The summed E-state index contributed by atoms with van der Waals surface area (Å²) in [4.78, 5) is 0.0286. The van der Waals surface area contributed by atoms with E-state index < -0.39 is 10.0 Å². The molecule has 0 aromatic heterocycles. The maximum Gasteiger partial charge on any atom is 0.244 e. The van der Waals surface area contributed by atoms with E-state index in [-0.39, 0.29) is 17.2 Å². The summed E-state index contributed by atoms with van der Waals surface area (Å²) in [6, 6.07) is 9.40. The normalized spacial score (nSPS) is 11.3. The Bertz CT molecular complexity index is 809. The van der Waals surface area contributed by atoms with Crippen molar-refractivity contribution in [3.05, 3.63) is 52.0 Å². The lowest BCUT2D eigenvalue weighted by Crippen LogP contribution is -2.23. The Balaban J connectivity index is 2.23. The van der Waals surface area contributed by atoms with Crippen molar-refractivity contribution < 1.29 is 17.9 Å². The van der Waals surface area contributed by atoms with Gasteiger partial charge < -0.3 is 9.47 Å². The smallest absolute Gasteiger partial charge is 0.244 e. The molecule has 0 unspecified atom stereocenters. The molecule has 0 atom stereocenters. The van der Waals surface area contributed by atoms with E-state index in [2.05, 4.69) is 4.72 Å². The molecule has 0 aliphatic rings. The van der Waals surface area contributed by atoms with Gasteiger partial charge in [-0.1, -0.05) is 29.3 Å². The summed E-state index contributed by atoms with van der Waals surface area (Å²) < 4.78 is 37.6. The van der Waals surface area contributed by atoms with Crippen molar-refractivity contribution in [3.8, 4) is 11.5 Å². The fraction of sp³-hybridized carbons (Fsp3) is 0.200. The van der Waals surface area contributed by atoms with Crippen LogP contribution in [0.15, 0.2) is 41.3 Å². The Kier molecular flexibility index (Phi) is 5.75. The van der Waals surface area contributed by atoms with E-state index in [1.165, 1.54) is 26.4 Å². The van der Waals surface area contributed by atoms with Gasteiger partial charge in [-0.25, -0.2) is 13.1 Å². The molecule has 0 saturated carbocycles. The minimum Gasteiger partial charge on any atom is -0.497 e. The van der Waals surface area contributed by atoms with Gasteiger partial charge in [0.25, 0.3) is 0 Å². The average molecular weight is 376 g/mol. The third kappa shape index (κ3) is 4.29. The van der Waals surface area contributed by atoms with Crippen molar-refractivity contribution in [1.82, 2.24) is 4.72 Å². The van der Waals surface area contributed by atoms with Gasteiger partial charge in [0.05, 0.1) is 24.3 Å². The Hall–Kier alpha value is -1.47.